The van der Waals surface area contributed by atoms with Gasteiger partial charge in [-0.15, -0.1) is 5.10 Å². The van der Waals surface area contributed by atoms with E-state index in [0.717, 1.165) is 25.7 Å². The van der Waals surface area contributed by atoms with E-state index in [2.05, 4.69) is 24.2 Å². The standard InChI is InChI=1S/C12H22FN3/c1-3-5-7-8-10-16-12(13)11(14-15-16)9-6-4-2/h3-10H2,1-2H3. The van der Waals surface area contributed by atoms with Crippen molar-refractivity contribution >= 4 is 0 Å². The Hall–Kier alpha value is -0.930. The molecule has 0 saturated heterocycles. The Balaban J connectivity index is 2.38. The highest BCUT2D eigenvalue weighted by molar-refractivity contribution is 4.95. The van der Waals surface area contributed by atoms with Crippen LogP contribution in [0, 0.1) is 5.95 Å². The number of halogens is 1. The number of unbranched alkanes of at least 4 members (excludes halogenated alkanes) is 4. The number of aromatic nitrogens is 3. The molecule has 0 aliphatic rings. The minimum absolute atomic E-state index is 0.232. The molecule has 0 N–H and O–H groups in total. The van der Waals surface area contributed by atoms with Gasteiger partial charge in [0.15, 0.2) is 0 Å². The van der Waals surface area contributed by atoms with E-state index in [1.54, 1.807) is 0 Å². The van der Waals surface area contributed by atoms with Crippen molar-refractivity contribution in [3.05, 3.63) is 11.6 Å². The minimum atomic E-state index is -0.232. The fourth-order valence-electron chi connectivity index (χ4n) is 1.67. The van der Waals surface area contributed by atoms with Gasteiger partial charge in [-0.1, -0.05) is 44.7 Å². The van der Waals surface area contributed by atoms with Crippen LogP contribution in [0.5, 0.6) is 0 Å². The Kier molecular flexibility index (Phi) is 6.04. The van der Waals surface area contributed by atoms with Gasteiger partial charge < -0.3 is 0 Å². The van der Waals surface area contributed by atoms with Gasteiger partial charge in [-0.3, -0.25) is 0 Å². The summed E-state index contributed by atoms with van der Waals surface area (Å²) >= 11 is 0. The Morgan fingerprint density at radius 2 is 1.81 bits per heavy atom. The smallest absolute Gasteiger partial charge is 0.219 e. The van der Waals surface area contributed by atoms with Crippen LogP contribution >= 0.6 is 0 Å². The predicted molar refractivity (Wildman–Crippen MR) is 62.7 cm³/mol. The molecule has 0 spiro atoms. The van der Waals surface area contributed by atoms with E-state index in [9.17, 15) is 4.39 Å². The van der Waals surface area contributed by atoms with Crippen LogP contribution in [0.1, 0.15) is 58.1 Å². The maximum absolute atomic E-state index is 13.7. The zero-order chi connectivity index (χ0) is 11.8. The van der Waals surface area contributed by atoms with Gasteiger partial charge >= 0.3 is 0 Å². The van der Waals surface area contributed by atoms with Crippen LogP contribution < -0.4 is 0 Å². The fourth-order valence-corrected chi connectivity index (χ4v) is 1.67. The van der Waals surface area contributed by atoms with Crippen LogP contribution in [0.3, 0.4) is 0 Å². The summed E-state index contributed by atoms with van der Waals surface area (Å²) in [6.45, 7) is 4.91. The average molecular weight is 227 g/mol. The normalized spacial score (nSPS) is 10.9. The molecule has 16 heavy (non-hydrogen) atoms. The molecule has 0 bridgehead atoms. The second kappa shape index (κ2) is 7.36. The van der Waals surface area contributed by atoms with Crippen molar-refractivity contribution in [1.29, 1.82) is 0 Å². The molecule has 3 nitrogen and oxygen atoms in total. The number of nitrogens with zero attached hydrogens (tertiary/aromatic N) is 3. The molecule has 0 fully saturated rings. The Bertz CT molecular complexity index is 296. The van der Waals surface area contributed by atoms with Crippen molar-refractivity contribution in [3.63, 3.8) is 0 Å². The second-order valence-electron chi connectivity index (χ2n) is 4.21. The molecular formula is C12H22FN3. The number of aryl methyl sites for hydroxylation is 2. The summed E-state index contributed by atoms with van der Waals surface area (Å²) in [6.07, 6.45) is 7.27. The summed E-state index contributed by atoms with van der Waals surface area (Å²) in [4.78, 5) is 0. The molecule has 0 aromatic carbocycles. The molecular weight excluding hydrogens is 205 g/mol. The third kappa shape index (κ3) is 3.91. The summed E-state index contributed by atoms with van der Waals surface area (Å²) in [7, 11) is 0. The lowest BCUT2D eigenvalue weighted by atomic mass is 10.2. The molecule has 92 valence electrons. The van der Waals surface area contributed by atoms with Crippen molar-refractivity contribution in [2.24, 2.45) is 0 Å². The van der Waals surface area contributed by atoms with Crippen LogP contribution in [0.2, 0.25) is 0 Å². The SMILES string of the molecule is CCCCCCn1nnc(CCCC)c1F. The fraction of sp³-hybridized carbons (Fsp3) is 0.833. The maximum atomic E-state index is 13.7. The molecule has 0 atom stereocenters. The van der Waals surface area contributed by atoms with E-state index < -0.39 is 0 Å². The molecule has 1 aromatic rings. The minimum Gasteiger partial charge on any atom is -0.219 e. The molecule has 0 amide bonds. The van der Waals surface area contributed by atoms with Crippen molar-refractivity contribution in [2.45, 2.75) is 65.3 Å². The van der Waals surface area contributed by atoms with E-state index in [0.29, 0.717) is 18.7 Å². The van der Waals surface area contributed by atoms with E-state index >= 15 is 0 Å². The number of hydrogen-bond donors (Lipinski definition) is 0. The summed E-state index contributed by atoms with van der Waals surface area (Å²) in [5.74, 6) is -0.232. The lowest BCUT2D eigenvalue weighted by molar-refractivity contribution is 0.428. The van der Waals surface area contributed by atoms with Gasteiger partial charge in [0.05, 0.1) is 0 Å². The number of rotatable bonds is 8. The van der Waals surface area contributed by atoms with Gasteiger partial charge in [0.1, 0.15) is 5.69 Å². The molecule has 1 rings (SSSR count). The lowest BCUT2D eigenvalue weighted by Crippen LogP contribution is -2.04. The first-order valence-electron chi connectivity index (χ1n) is 6.37. The summed E-state index contributed by atoms with van der Waals surface area (Å²) in [6, 6.07) is 0. The van der Waals surface area contributed by atoms with Gasteiger partial charge in [-0.05, 0) is 19.3 Å². The summed E-state index contributed by atoms with van der Waals surface area (Å²) in [5, 5.41) is 7.75. The molecule has 0 radical (unpaired) electrons. The molecule has 0 aliphatic carbocycles. The third-order valence-electron chi connectivity index (χ3n) is 2.73. The van der Waals surface area contributed by atoms with Crippen molar-refractivity contribution in [3.8, 4) is 0 Å². The first-order chi connectivity index (χ1) is 7.79. The highest BCUT2D eigenvalue weighted by atomic mass is 19.1. The Labute approximate surface area is 97.0 Å². The van der Waals surface area contributed by atoms with Crippen molar-refractivity contribution in [1.82, 2.24) is 15.0 Å². The molecule has 0 aliphatic heterocycles. The van der Waals surface area contributed by atoms with Crippen LogP contribution in [0.25, 0.3) is 0 Å². The van der Waals surface area contributed by atoms with Gasteiger partial charge in [-0.25, -0.2) is 4.68 Å². The molecule has 0 unspecified atom stereocenters. The van der Waals surface area contributed by atoms with Gasteiger partial charge in [0.25, 0.3) is 0 Å². The summed E-state index contributed by atoms with van der Waals surface area (Å²) in [5.41, 5.74) is 0.525. The van der Waals surface area contributed by atoms with Gasteiger partial charge in [-0.2, -0.15) is 4.39 Å². The molecule has 4 heteroatoms. The van der Waals surface area contributed by atoms with Gasteiger partial charge in [0.2, 0.25) is 5.95 Å². The Morgan fingerprint density at radius 3 is 2.50 bits per heavy atom. The second-order valence-corrected chi connectivity index (χ2v) is 4.21. The maximum Gasteiger partial charge on any atom is 0.234 e. The zero-order valence-electron chi connectivity index (χ0n) is 10.4. The monoisotopic (exact) mass is 227 g/mol. The molecule has 0 saturated carbocycles. The number of hydrogen-bond acceptors (Lipinski definition) is 2. The zero-order valence-corrected chi connectivity index (χ0v) is 10.4. The molecule has 1 aromatic heterocycles. The average Bonchev–Trinajstić information content (AvgIpc) is 2.64. The van der Waals surface area contributed by atoms with Crippen LogP contribution in [-0.4, -0.2) is 15.0 Å². The highest BCUT2D eigenvalue weighted by Crippen LogP contribution is 2.09. The highest BCUT2D eigenvalue weighted by Gasteiger charge is 2.10. The van der Waals surface area contributed by atoms with Crippen LogP contribution in [0.15, 0.2) is 0 Å². The van der Waals surface area contributed by atoms with Crippen LogP contribution in [0.4, 0.5) is 4.39 Å². The lowest BCUT2D eigenvalue weighted by Gasteiger charge is -2.00. The van der Waals surface area contributed by atoms with Crippen molar-refractivity contribution < 1.29 is 4.39 Å². The first kappa shape index (κ1) is 13.1. The Morgan fingerprint density at radius 1 is 1.06 bits per heavy atom. The van der Waals surface area contributed by atoms with E-state index in [1.807, 2.05) is 0 Å². The molecule has 1 heterocycles. The predicted octanol–water partition coefficient (Wildman–Crippen LogP) is 3.34. The summed E-state index contributed by atoms with van der Waals surface area (Å²) < 4.78 is 15.1. The van der Waals surface area contributed by atoms with Gasteiger partial charge in [0, 0.05) is 6.54 Å². The van der Waals surface area contributed by atoms with E-state index in [-0.39, 0.29) is 5.95 Å². The van der Waals surface area contributed by atoms with E-state index in [4.69, 9.17) is 0 Å². The van der Waals surface area contributed by atoms with Crippen LogP contribution in [-0.2, 0) is 13.0 Å². The quantitative estimate of drug-likeness (QED) is 0.638. The topological polar surface area (TPSA) is 30.7 Å². The third-order valence-corrected chi connectivity index (χ3v) is 2.73. The largest absolute Gasteiger partial charge is 0.234 e. The van der Waals surface area contributed by atoms with E-state index in [1.165, 1.54) is 17.5 Å². The first-order valence-corrected chi connectivity index (χ1v) is 6.37. The van der Waals surface area contributed by atoms with Crippen molar-refractivity contribution in [2.75, 3.05) is 0 Å².